The highest BCUT2D eigenvalue weighted by Gasteiger charge is 2.35. The summed E-state index contributed by atoms with van der Waals surface area (Å²) in [6, 6.07) is 8.94. The van der Waals surface area contributed by atoms with Gasteiger partial charge in [-0.3, -0.25) is 9.59 Å². The van der Waals surface area contributed by atoms with E-state index >= 15 is 0 Å². The number of benzene rings is 2. The quantitative estimate of drug-likeness (QED) is 0.670. The summed E-state index contributed by atoms with van der Waals surface area (Å²) < 4.78 is 9.53. The van der Waals surface area contributed by atoms with Crippen molar-refractivity contribution in [2.24, 2.45) is 0 Å². The fraction of sp³-hybridized carbons (Fsp3) is 0. The maximum atomic E-state index is 12.6. The molecule has 0 spiro atoms. The lowest BCUT2D eigenvalue weighted by Gasteiger charge is -2.20. The first-order valence-electron chi connectivity index (χ1n) is 6.16. The van der Waals surface area contributed by atoms with E-state index in [1.54, 1.807) is 12.1 Å². The fourth-order valence-electron chi connectivity index (χ4n) is 2.43. The number of hydrogen-bond acceptors (Lipinski definition) is 6. The molecule has 1 aliphatic rings. The molecule has 0 atom stereocenters. The Hall–Kier alpha value is -3.64. The molecule has 0 aromatic heterocycles. The maximum absolute atomic E-state index is 12.6. The van der Waals surface area contributed by atoms with Gasteiger partial charge in [0.2, 0.25) is 0 Å². The van der Waals surface area contributed by atoms with Gasteiger partial charge >= 0.3 is 0 Å². The van der Waals surface area contributed by atoms with Crippen molar-refractivity contribution in [1.82, 2.24) is 0 Å². The average Bonchev–Trinajstić information content (AvgIpc) is 2.54. The molecule has 2 aromatic rings. The van der Waals surface area contributed by atoms with Crippen molar-refractivity contribution in [1.29, 1.82) is 10.5 Å². The van der Waals surface area contributed by atoms with E-state index in [4.69, 9.17) is 20.0 Å². The van der Waals surface area contributed by atoms with Crippen LogP contribution in [0.25, 0.3) is 0 Å². The van der Waals surface area contributed by atoms with Gasteiger partial charge in [-0.15, -0.1) is 10.5 Å². The first-order valence-corrected chi connectivity index (χ1v) is 6.16. The van der Waals surface area contributed by atoms with Gasteiger partial charge < -0.3 is 9.47 Å². The van der Waals surface area contributed by atoms with Gasteiger partial charge in [-0.2, -0.15) is 0 Å². The summed E-state index contributed by atoms with van der Waals surface area (Å²) in [7, 11) is 0. The third-order valence-electron chi connectivity index (χ3n) is 3.31. The van der Waals surface area contributed by atoms with E-state index in [2.05, 4.69) is 0 Å². The molecule has 6 heteroatoms. The maximum Gasteiger partial charge on any atom is 0.292 e. The van der Waals surface area contributed by atoms with Crippen LogP contribution < -0.4 is 9.47 Å². The lowest BCUT2D eigenvalue weighted by atomic mass is 9.83. The highest BCUT2D eigenvalue weighted by Crippen LogP contribution is 2.38. The molecule has 0 radical (unpaired) electrons. The summed E-state index contributed by atoms with van der Waals surface area (Å²) in [4.78, 5) is 25.3. The summed E-state index contributed by atoms with van der Waals surface area (Å²) >= 11 is 0. The number of carbonyl (C=O) groups is 2. The zero-order valence-electron chi connectivity index (χ0n) is 11.0. The first-order chi connectivity index (χ1) is 10.7. The zero-order chi connectivity index (χ0) is 15.7. The molecule has 2 aromatic carbocycles. The van der Waals surface area contributed by atoms with Gasteiger partial charge in [-0.05, 0) is 12.1 Å². The molecule has 6 nitrogen and oxygen atoms in total. The van der Waals surface area contributed by atoms with E-state index in [9.17, 15) is 9.59 Å². The van der Waals surface area contributed by atoms with Crippen molar-refractivity contribution >= 4 is 11.6 Å². The number of ether oxygens (including phenoxy) is 2. The molecule has 0 bridgehead atoms. The Balaban J connectivity index is 2.35. The van der Waals surface area contributed by atoms with Crippen LogP contribution in [0.1, 0.15) is 31.8 Å². The van der Waals surface area contributed by atoms with E-state index in [1.807, 2.05) is 0 Å². The average molecular weight is 290 g/mol. The second kappa shape index (κ2) is 5.04. The van der Waals surface area contributed by atoms with Crippen molar-refractivity contribution in [3.05, 3.63) is 58.7 Å². The molecule has 0 fully saturated rings. The van der Waals surface area contributed by atoms with Crippen molar-refractivity contribution in [3.63, 3.8) is 0 Å². The van der Waals surface area contributed by atoms with Crippen molar-refractivity contribution in [3.8, 4) is 24.0 Å². The van der Waals surface area contributed by atoms with Crippen LogP contribution in [0.2, 0.25) is 0 Å². The van der Waals surface area contributed by atoms with Crippen LogP contribution in [0.15, 0.2) is 36.4 Å². The Labute approximate surface area is 124 Å². The van der Waals surface area contributed by atoms with Crippen LogP contribution >= 0.6 is 0 Å². The molecular formula is C16H6N2O4. The Kier molecular flexibility index (Phi) is 3.06. The Morgan fingerprint density at radius 1 is 0.727 bits per heavy atom. The molecule has 3 rings (SSSR count). The highest BCUT2D eigenvalue weighted by atomic mass is 16.5. The van der Waals surface area contributed by atoms with Crippen molar-refractivity contribution < 1.29 is 19.1 Å². The molecule has 0 saturated heterocycles. The van der Waals surface area contributed by atoms with Gasteiger partial charge in [0, 0.05) is 11.1 Å². The number of carbonyl (C=O) groups excluding carboxylic acids is 2. The van der Waals surface area contributed by atoms with Crippen LogP contribution in [0.5, 0.6) is 11.5 Å². The normalized spacial score (nSPS) is 11.7. The van der Waals surface area contributed by atoms with Crippen LogP contribution in [0.3, 0.4) is 0 Å². The number of ketones is 2. The van der Waals surface area contributed by atoms with E-state index in [0.29, 0.717) is 0 Å². The van der Waals surface area contributed by atoms with Crippen molar-refractivity contribution in [2.45, 2.75) is 0 Å². The predicted octanol–water partition coefficient (Wildman–Crippen LogP) is 2.18. The molecule has 104 valence electrons. The predicted molar refractivity (Wildman–Crippen MR) is 72.2 cm³/mol. The monoisotopic (exact) mass is 290 g/mol. The third-order valence-corrected chi connectivity index (χ3v) is 3.31. The molecule has 0 amide bonds. The third kappa shape index (κ3) is 1.80. The van der Waals surface area contributed by atoms with Crippen LogP contribution in [-0.4, -0.2) is 11.6 Å². The smallest absolute Gasteiger partial charge is 0.292 e. The van der Waals surface area contributed by atoms with E-state index in [1.165, 1.54) is 36.8 Å². The molecule has 0 unspecified atom stereocenters. The standard InChI is InChI=1S/C16H6N2O4/c17-7-21-11-5-6-12(22-8-18)14-13(11)15(19)9-3-1-2-4-10(9)16(14)20/h1-6H. The molecule has 0 aliphatic heterocycles. The molecule has 22 heavy (non-hydrogen) atoms. The first kappa shape index (κ1) is 13.3. The number of rotatable bonds is 2. The van der Waals surface area contributed by atoms with Crippen LogP contribution in [0, 0.1) is 23.0 Å². The lowest BCUT2D eigenvalue weighted by molar-refractivity contribution is 0.0975. The van der Waals surface area contributed by atoms with Crippen LogP contribution in [0.4, 0.5) is 0 Å². The second-order valence-corrected chi connectivity index (χ2v) is 4.40. The van der Waals surface area contributed by atoms with E-state index < -0.39 is 11.6 Å². The summed E-state index contributed by atoms with van der Waals surface area (Å²) in [6.45, 7) is 0. The Morgan fingerprint density at radius 3 is 1.50 bits per heavy atom. The van der Waals surface area contributed by atoms with E-state index in [0.717, 1.165) is 0 Å². The minimum absolute atomic E-state index is 0.0457. The number of fused-ring (bicyclic) bond motifs is 2. The number of nitrogens with zero attached hydrogens (tertiary/aromatic N) is 2. The molecular weight excluding hydrogens is 284 g/mol. The lowest BCUT2D eigenvalue weighted by Crippen LogP contribution is -2.22. The number of hydrogen-bond donors (Lipinski definition) is 0. The minimum atomic E-state index is -0.459. The summed E-state index contributed by atoms with van der Waals surface area (Å²) in [6.07, 6.45) is 2.95. The van der Waals surface area contributed by atoms with Crippen molar-refractivity contribution in [2.75, 3.05) is 0 Å². The largest absolute Gasteiger partial charge is 0.387 e. The zero-order valence-corrected chi connectivity index (χ0v) is 11.0. The Morgan fingerprint density at radius 2 is 1.14 bits per heavy atom. The van der Waals surface area contributed by atoms with Gasteiger partial charge in [0.15, 0.2) is 23.1 Å². The summed E-state index contributed by atoms with van der Waals surface area (Å²) in [5.74, 6) is -1.01. The summed E-state index contributed by atoms with van der Waals surface area (Å²) in [5, 5.41) is 17.4. The highest BCUT2D eigenvalue weighted by molar-refractivity contribution is 6.30. The van der Waals surface area contributed by atoms with Gasteiger partial charge in [0.25, 0.3) is 12.5 Å². The Bertz CT molecular complexity index is 829. The van der Waals surface area contributed by atoms with Gasteiger partial charge in [0.05, 0.1) is 11.1 Å². The SMILES string of the molecule is N#COc1ccc(OC#N)c2c1C(=O)c1ccccc1C2=O. The van der Waals surface area contributed by atoms with E-state index in [-0.39, 0.29) is 33.8 Å². The van der Waals surface area contributed by atoms with Gasteiger partial charge in [0.1, 0.15) is 0 Å². The molecule has 1 aliphatic carbocycles. The fourth-order valence-corrected chi connectivity index (χ4v) is 2.43. The topological polar surface area (TPSA) is 100 Å². The minimum Gasteiger partial charge on any atom is -0.387 e. The molecule has 0 N–H and O–H groups in total. The van der Waals surface area contributed by atoms with Gasteiger partial charge in [-0.25, -0.2) is 0 Å². The second-order valence-electron chi connectivity index (χ2n) is 4.40. The van der Waals surface area contributed by atoms with Crippen LogP contribution in [-0.2, 0) is 0 Å². The molecule has 0 saturated carbocycles. The van der Waals surface area contributed by atoms with Gasteiger partial charge in [-0.1, -0.05) is 24.3 Å². The molecule has 0 heterocycles. The number of nitriles is 2. The summed E-state index contributed by atoms with van der Waals surface area (Å²) in [5.41, 5.74) is 0.296.